The largest absolute Gasteiger partial charge is 0.353 e. The van der Waals surface area contributed by atoms with E-state index in [0.717, 1.165) is 0 Å². The minimum absolute atomic E-state index is 0.0537. The number of piperazine rings is 1. The first-order valence-corrected chi connectivity index (χ1v) is 6.24. The van der Waals surface area contributed by atoms with Crippen LogP contribution in [0.5, 0.6) is 0 Å². The number of nitrogens with one attached hydrogen (secondary N) is 2. The van der Waals surface area contributed by atoms with Crippen LogP contribution in [0.15, 0.2) is 0 Å². The molecule has 0 unspecified atom stereocenters. The van der Waals surface area contributed by atoms with E-state index in [1.807, 2.05) is 0 Å². The first-order chi connectivity index (χ1) is 5.99. The maximum Gasteiger partial charge on any atom is 0.237 e. The average molecular weight is 206 g/mol. The van der Waals surface area contributed by atoms with Gasteiger partial charge in [0.2, 0.25) is 5.91 Å². The third kappa shape index (κ3) is 3.73. The lowest BCUT2D eigenvalue weighted by Gasteiger charge is -2.22. The molecule has 1 rings (SSSR count). The molecule has 0 aliphatic carbocycles. The highest BCUT2D eigenvalue weighted by molar-refractivity contribution is 7.90. The van der Waals surface area contributed by atoms with Crippen LogP contribution in [0.4, 0.5) is 0 Å². The molecule has 13 heavy (non-hydrogen) atoms. The standard InChI is InChI=1S/C7H14N2O3S/c1-13(11,12)5-2-6-7(10)9-4-3-8-6/h6,8H,2-5H2,1H3,(H,9,10)/t6-/m0/s1. The molecule has 0 radical (unpaired) electrons. The van der Waals surface area contributed by atoms with Crippen LogP contribution in [0, 0.1) is 0 Å². The quantitative estimate of drug-likeness (QED) is 0.590. The fourth-order valence-corrected chi connectivity index (χ4v) is 1.88. The van der Waals surface area contributed by atoms with E-state index in [1.54, 1.807) is 0 Å². The van der Waals surface area contributed by atoms with E-state index >= 15 is 0 Å². The Morgan fingerprint density at radius 1 is 1.46 bits per heavy atom. The van der Waals surface area contributed by atoms with Crippen LogP contribution in [0.3, 0.4) is 0 Å². The molecule has 2 N–H and O–H groups in total. The van der Waals surface area contributed by atoms with Crippen LogP contribution >= 0.6 is 0 Å². The van der Waals surface area contributed by atoms with E-state index in [-0.39, 0.29) is 17.7 Å². The van der Waals surface area contributed by atoms with E-state index in [1.165, 1.54) is 6.26 Å². The van der Waals surface area contributed by atoms with Gasteiger partial charge in [-0.2, -0.15) is 0 Å². The minimum atomic E-state index is -2.97. The molecule has 1 aliphatic rings. The zero-order valence-electron chi connectivity index (χ0n) is 7.54. The molecule has 5 nitrogen and oxygen atoms in total. The Hall–Kier alpha value is -0.620. The summed E-state index contributed by atoms with van der Waals surface area (Å²) in [6, 6.07) is -0.344. The van der Waals surface area contributed by atoms with Gasteiger partial charge in [-0.1, -0.05) is 0 Å². The molecule has 1 atom stereocenters. The topological polar surface area (TPSA) is 75.3 Å². The van der Waals surface area contributed by atoms with Gasteiger partial charge in [-0.25, -0.2) is 8.42 Å². The fourth-order valence-electron chi connectivity index (χ4n) is 1.21. The third-order valence-electron chi connectivity index (χ3n) is 1.91. The van der Waals surface area contributed by atoms with E-state index in [4.69, 9.17) is 0 Å². The van der Waals surface area contributed by atoms with Gasteiger partial charge < -0.3 is 10.6 Å². The average Bonchev–Trinajstić information content (AvgIpc) is 2.01. The Morgan fingerprint density at radius 2 is 2.15 bits per heavy atom. The summed E-state index contributed by atoms with van der Waals surface area (Å²) >= 11 is 0. The van der Waals surface area contributed by atoms with Crippen molar-refractivity contribution in [2.45, 2.75) is 12.5 Å². The van der Waals surface area contributed by atoms with E-state index in [9.17, 15) is 13.2 Å². The summed E-state index contributed by atoms with van der Waals surface area (Å²) in [5, 5.41) is 5.64. The van der Waals surface area contributed by atoms with Crippen molar-refractivity contribution >= 4 is 15.7 Å². The van der Waals surface area contributed by atoms with Gasteiger partial charge in [-0.15, -0.1) is 0 Å². The smallest absolute Gasteiger partial charge is 0.237 e. The summed E-state index contributed by atoms with van der Waals surface area (Å²) in [5.74, 6) is -0.0483. The van der Waals surface area contributed by atoms with Gasteiger partial charge in [0.15, 0.2) is 0 Å². The summed E-state index contributed by atoms with van der Waals surface area (Å²) in [4.78, 5) is 11.1. The Balaban J connectivity index is 2.40. The number of carbonyl (C=O) groups is 1. The van der Waals surface area contributed by atoms with Gasteiger partial charge in [0.05, 0.1) is 11.8 Å². The predicted octanol–water partition coefficient (Wildman–Crippen LogP) is -1.49. The molecule has 0 aromatic rings. The third-order valence-corrected chi connectivity index (χ3v) is 2.89. The SMILES string of the molecule is CS(=O)(=O)CC[C@@H]1NCCNC1=O. The molecule has 0 aromatic heterocycles. The summed E-state index contributed by atoms with van der Waals surface area (Å²) in [5.41, 5.74) is 0. The lowest BCUT2D eigenvalue weighted by Crippen LogP contribution is -2.53. The second-order valence-corrected chi connectivity index (χ2v) is 5.48. The second-order valence-electron chi connectivity index (χ2n) is 3.22. The Labute approximate surface area is 77.8 Å². The summed E-state index contributed by atoms with van der Waals surface area (Å²) in [6.07, 6.45) is 1.53. The van der Waals surface area contributed by atoms with Crippen molar-refractivity contribution in [2.75, 3.05) is 25.1 Å². The Bertz CT molecular complexity index is 286. The molecule has 1 heterocycles. The molecule has 1 saturated heterocycles. The fraction of sp³-hybridized carbons (Fsp3) is 0.857. The highest BCUT2D eigenvalue weighted by atomic mass is 32.2. The highest BCUT2D eigenvalue weighted by Crippen LogP contribution is 1.98. The van der Waals surface area contributed by atoms with Gasteiger partial charge in [0, 0.05) is 19.3 Å². The Morgan fingerprint density at radius 3 is 2.69 bits per heavy atom. The number of carbonyl (C=O) groups excluding carboxylic acids is 1. The lowest BCUT2D eigenvalue weighted by atomic mass is 10.2. The first kappa shape index (κ1) is 10.5. The van der Waals surface area contributed by atoms with Crippen LogP contribution in [-0.4, -0.2) is 45.5 Å². The highest BCUT2D eigenvalue weighted by Gasteiger charge is 2.22. The number of sulfone groups is 1. The van der Waals surface area contributed by atoms with Crippen molar-refractivity contribution in [1.82, 2.24) is 10.6 Å². The maximum atomic E-state index is 11.1. The van der Waals surface area contributed by atoms with Crippen molar-refractivity contribution in [3.05, 3.63) is 0 Å². The van der Waals surface area contributed by atoms with Crippen LogP contribution in [0.25, 0.3) is 0 Å². The molecule has 0 saturated carbocycles. The minimum Gasteiger partial charge on any atom is -0.353 e. The van der Waals surface area contributed by atoms with E-state index in [2.05, 4.69) is 10.6 Å². The van der Waals surface area contributed by atoms with Crippen LogP contribution in [-0.2, 0) is 14.6 Å². The zero-order valence-corrected chi connectivity index (χ0v) is 8.36. The van der Waals surface area contributed by atoms with E-state index in [0.29, 0.717) is 19.5 Å². The maximum absolute atomic E-state index is 11.1. The zero-order chi connectivity index (χ0) is 9.90. The van der Waals surface area contributed by atoms with Crippen molar-refractivity contribution < 1.29 is 13.2 Å². The molecule has 0 aromatic carbocycles. The molecular formula is C7H14N2O3S. The number of amides is 1. The predicted molar refractivity (Wildman–Crippen MR) is 49.1 cm³/mol. The van der Waals surface area contributed by atoms with Crippen molar-refractivity contribution in [3.63, 3.8) is 0 Å². The van der Waals surface area contributed by atoms with Crippen molar-refractivity contribution in [2.24, 2.45) is 0 Å². The molecule has 0 spiro atoms. The van der Waals surface area contributed by atoms with Crippen LogP contribution < -0.4 is 10.6 Å². The van der Waals surface area contributed by atoms with Crippen molar-refractivity contribution in [3.8, 4) is 0 Å². The summed E-state index contributed by atoms with van der Waals surface area (Å²) in [7, 11) is -2.97. The van der Waals surface area contributed by atoms with Gasteiger partial charge in [-0.3, -0.25) is 4.79 Å². The second kappa shape index (κ2) is 4.06. The number of hydrogen-bond donors (Lipinski definition) is 2. The molecule has 1 aliphatic heterocycles. The van der Waals surface area contributed by atoms with Gasteiger partial charge in [-0.05, 0) is 6.42 Å². The number of hydrogen-bond acceptors (Lipinski definition) is 4. The molecule has 0 bridgehead atoms. The normalized spacial score (nSPS) is 24.1. The lowest BCUT2D eigenvalue weighted by molar-refractivity contribution is -0.124. The van der Waals surface area contributed by atoms with Gasteiger partial charge in [0.25, 0.3) is 0 Å². The van der Waals surface area contributed by atoms with Gasteiger partial charge >= 0.3 is 0 Å². The van der Waals surface area contributed by atoms with Crippen LogP contribution in [0.2, 0.25) is 0 Å². The van der Waals surface area contributed by atoms with E-state index < -0.39 is 9.84 Å². The van der Waals surface area contributed by atoms with Crippen LogP contribution in [0.1, 0.15) is 6.42 Å². The molecule has 1 fully saturated rings. The number of rotatable bonds is 3. The van der Waals surface area contributed by atoms with Crippen molar-refractivity contribution in [1.29, 1.82) is 0 Å². The molecular weight excluding hydrogens is 192 g/mol. The first-order valence-electron chi connectivity index (χ1n) is 4.18. The monoisotopic (exact) mass is 206 g/mol. The molecule has 6 heteroatoms. The van der Waals surface area contributed by atoms with Gasteiger partial charge in [0.1, 0.15) is 9.84 Å². The summed E-state index contributed by atoms with van der Waals surface area (Å²) < 4.78 is 21.6. The molecule has 76 valence electrons. The summed E-state index contributed by atoms with van der Waals surface area (Å²) in [6.45, 7) is 1.33. The molecule has 1 amide bonds. The Kier molecular flexibility index (Phi) is 3.27.